The summed E-state index contributed by atoms with van der Waals surface area (Å²) >= 11 is 0. The maximum absolute atomic E-state index is 13.2. The Hall–Kier alpha value is -3.93. The van der Waals surface area contributed by atoms with Gasteiger partial charge >= 0.3 is 0 Å². The van der Waals surface area contributed by atoms with Crippen LogP contribution in [0.15, 0.2) is 78.6 Å². The zero-order valence-corrected chi connectivity index (χ0v) is 18.0. The number of aliphatic hydroxyl groups is 1. The lowest BCUT2D eigenvalue weighted by Gasteiger charge is -2.26. The van der Waals surface area contributed by atoms with E-state index in [0.717, 1.165) is 12.0 Å². The second kappa shape index (κ2) is 9.06. The molecule has 2 aromatic carbocycles. The van der Waals surface area contributed by atoms with Crippen LogP contribution in [0.5, 0.6) is 5.75 Å². The van der Waals surface area contributed by atoms with E-state index in [9.17, 15) is 14.7 Å². The van der Waals surface area contributed by atoms with Crippen molar-refractivity contribution in [3.8, 4) is 5.75 Å². The number of carbonyl (C=O) groups is 2. The molecule has 6 heteroatoms. The maximum atomic E-state index is 13.2. The molecular formula is C26H24N2O4. The van der Waals surface area contributed by atoms with Gasteiger partial charge in [0.1, 0.15) is 11.5 Å². The minimum absolute atomic E-state index is 0.0268. The van der Waals surface area contributed by atoms with Gasteiger partial charge in [0.15, 0.2) is 0 Å². The molecular weight excluding hydrogens is 404 g/mol. The smallest absolute Gasteiger partial charge is 0.300 e. The van der Waals surface area contributed by atoms with Crippen molar-refractivity contribution in [1.82, 2.24) is 4.98 Å². The molecule has 1 atom stereocenters. The van der Waals surface area contributed by atoms with Gasteiger partial charge in [-0.3, -0.25) is 19.5 Å². The van der Waals surface area contributed by atoms with Crippen molar-refractivity contribution in [2.75, 3.05) is 11.5 Å². The fourth-order valence-electron chi connectivity index (χ4n) is 3.88. The van der Waals surface area contributed by atoms with Crippen molar-refractivity contribution in [2.45, 2.75) is 26.3 Å². The van der Waals surface area contributed by atoms with Gasteiger partial charge in [-0.05, 0) is 48.7 Å². The molecule has 0 bridgehead atoms. The number of amides is 1. The number of hydrogen-bond acceptors (Lipinski definition) is 5. The Balaban J connectivity index is 1.89. The number of aryl methyl sites for hydroxylation is 1. The van der Waals surface area contributed by atoms with E-state index >= 15 is 0 Å². The number of benzene rings is 2. The third-order valence-corrected chi connectivity index (χ3v) is 5.40. The molecule has 162 valence electrons. The molecule has 1 aromatic heterocycles. The number of aliphatic hydroxyl groups excluding tert-OH is 1. The maximum Gasteiger partial charge on any atom is 0.300 e. The van der Waals surface area contributed by atoms with Crippen LogP contribution >= 0.6 is 0 Å². The number of aromatic nitrogens is 1. The van der Waals surface area contributed by atoms with Crippen LogP contribution in [0.25, 0.3) is 5.76 Å². The average Bonchev–Trinajstić information content (AvgIpc) is 3.08. The van der Waals surface area contributed by atoms with Crippen molar-refractivity contribution in [2.24, 2.45) is 0 Å². The fourth-order valence-corrected chi connectivity index (χ4v) is 3.88. The van der Waals surface area contributed by atoms with Crippen LogP contribution in [0.4, 0.5) is 5.69 Å². The van der Waals surface area contributed by atoms with Crippen LogP contribution in [-0.4, -0.2) is 28.4 Å². The van der Waals surface area contributed by atoms with E-state index in [2.05, 4.69) is 4.98 Å². The molecule has 1 aliphatic heterocycles. The normalized spacial score (nSPS) is 17.6. The Labute approximate surface area is 186 Å². The van der Waals surface area contributed by atoms with Crippen molar-refractivity contribution >= 4 is 23.1 Å². The average molecular weight is 428 g/mol. The lowest BCUT2D eigenvalue weighted by molar-refractivity contribution is -0.132. The first-order valence-corrected chi connectivity index (χ1v) is 10.5. The molecule has 6 nitrogen and oxygen atoms in total. The van der Waals surface area contributed by atoms with Gasteiger partial charge in [0.25, 0.3) is 11.7 Å². The van der Waals surface area contributed by atoms with Gasteiger partial charge in [-0.25, -0.2) is 0 Å². The third-order valence-electron chi connectivity index (χ3n) is 5.40. The number of ketones is 1. The monoisotopic (exact) mass is 428 g/mol. The van der Waals surface area contributed by atoms with Gasteiger partial charge in [-0.15, -0.1) is 0 Å². The van der Waals surface area contributed by atoms with E-state index in [-0.39, 0.29) is 11.3 Å². The Kier molecular flexibility index (Phi) is 6.03. The Morgan fingerprint density at radius 2 is 1.91 bits per heavy atom. The van der Waals surface area contributed by atoms with Crippen LogP contribution in [-0.2, 0) is 9.59 Å². The number of hydrogen-bond donors (Lipinski definition) is 1. The molecule has 1 amide bonds. The van der Waals surface area contributed by atoms with Gasteiger partial charge in [0, 0.05) is 23.6 Å². The molecule has 1 N–H and O–H groups in total. The molecule has 0 aliphatic carbocycles. The predicted octanol–water partition coefficient (Wildman–Crippen LogP) is 4.81. The van der Waals surface area contributed by atoms with Crippen LogP contribution in [0.3, 0.4) is 0 Å². The van der Waals surface area contributed by atoms with Gasteiger partial charge in [-0.2, -0.15) is 0 Å². The van der Waals surface area contributed by atoms with E-state index in [0.29, 0.717) is 29.2 Å². The minimum Gasteiger partial charge on any atom is -0.507 e. The first kappa shape index (κ1) is 21.3. The van der Waals surface area contributed by atoms with Crippen molar-refractivity contribution in [3.63, 3.8) is 0 Å². The minimum atomic E-state index is -0.801. The van der Waals surface area contributed by atoms with Gasteiger partial charge in [0.05, 0.1) is 18.2 Å². The molecule has 4 rings (SSSR count). The first-order valence-electron chi connectivity index (χ1n) is 10.5. The topological polar surface area (TPSA) is 79.7 Å². The highest BCUT2D eigenvalue weighted by Gasteiger charge is 2.47. The van der Waals surface area contributed by atoms with E-state index in [1.807, 2.05) is 32.0 Å². The highest BCUT2D eigenvalue weighted by atomic mass is 16.5. The summed E-state index contributed by atoms with van der Waals surface area (Å²) in [6.45, 7) is 4.42. The molecule has 1 fully saturated rings. The number of para-hydroxylation sites is 1. The molecule has 1 saturated heterocycles. The van der Waals surface area contributed by atoms with Gasteiger partial charge < -0.3 is 9.84 Å². The van der Waals surface area contributed by atoms with E-state index in [1.54, 1.807) is 54.9 Å². The highest BCUT2D eigenvalue weighted by Crippen LogP contribution is 2.42. The molecule has 0 saturated carbocycles. The first-order chi connectivity index (χ1) is 15.5. The molecule has 32 heavy (non-hydrogen) atoms. The predicted molar refractivity (Wildman–Crippen MR) is 122 cm³/mol. The summed E-state index contributed by atoms with van der Waals surface area (Å²) in [5.41, 5.74) is 2.53. The number of nitrogens with zero attached hydrogens (tertiary/aromatic N) is 2. The Morgan fingerprint density at radius 1 is 1.09 bits per heavy atom. The third kappa shape index (κ3) is 3.87. The van der Waals surface area contributed by atoms with Crippen molar-refractivity contribution in [1.29, 1.82) is 0 Å². The number of rotatable bonds is 6. The van der Waals surface area contributed by atoms with E-state index in [4.69, 9.17) is 4.74 Å². The number of Topliss-reactive ketones (excluding diaryl/α,β-unsaturated/α-hetero) is 1. The fraction of sp³-hybridized carbons (Fsp3) is 0.192. The van der Waals surface area contributed by atoms with E-state index < -0.39 is 17.7 Å². The summed E-state index contributed by atoms with van der Waals surface area (Å²) in [6, 6.07) is 17.0. The van der Waals surface area contributed by atoms with E-state index in [1.165, 1.54) is 4.90 Å². The summed E-state index contributed by atoms with van der Waals surface area (Å²) in [7, 11) is 0. The van der Waals surface area contributed by atoms with Gasteiger partial charge in [-0.1, -0.05) is 43.3 Å². The summed E-state index contributed by atoms with van der Waals surface area (Å²) in [5, 5.41) is 11.2. The Morgan fingerprint density at radius 3 is 2.62 bits per heavy atom. The second-order valence-corrected chi connectivity index (χ2v) is 7.62. The van der Waals surface area contributed by atoms with Crippen LogP contribution < -0.4 is 9.64 Å². The molecule has 1 unspecified atom stereocenters. The summed E-state index contributed by atoms with van der Waals surface area (Å²) in [5.74, 6) is -1.08. The van der Waals surface area contributed by atoms with Crippen molar-refractivity contribution < 1.29 is 19.4 Å². The highest BCUT2D eigenvalue weighted by molar-refractivity contribution is 6.51. The largest absolute Gasteiger partial charge is 0.507 e. The quantitative estimate of drug-likeness (QED) is 0.346. The zero-order valence-electron chi connectivity index (χ0n) is 18.0. The number of pyridine rings is 1. The summed E-state index contributed by atoms with van der Waals surface area (Å²) in [4.78, 5) is 32.0. The number of anilines is 1. The van der Waals surface area contributed by atoms with Crippen LogP contribution in [0.2, 0.25) is 0 Å². The van der Waals surface area contributed by atoms with Crippen LogP contribution in [0.1, 0.15) is 36.1 Å². The second-order valence-electron chi connectivity index (χ2n) is 7.62. The molecule has 0 spiro atoms. The molecule has 0 radical (unpaired) electrons. The number of carbonyl (C=O) groups excluding carboxylic acids is 2. The SMILES string of the molecule is CCCOc1cccc(/C(O)=C2/C(=O)C(=O)N(c3ccccc3C)C2c2cccnc2)c1. The van der Waals surface area contributed by atoms with Crippen molar-refractivity contribution in [3.05, 3.63) is 95.3 Å². The standard InChI is InChI=1S/C26H24N2O4/c1-3-14-32-20-11-6-9-18(15-20)24(29)22-23(19-10-7-13-27-16-19)28(26(31)25(22)30)21-12-5-4-8-17(21)2/h4-13,15-16,23,29H,3,14H2,1-2H3/b24-22-. The van der Waals surface area contributed by atoms with Crippen LogP contribution in [0, 0.1) is 6.92 Å². The number of ether oxygens (including phenoxy) is 1. The molecule has 3 aromatic rings. The lowest BCUT2D eigenvalue weighted by Crippen LogP contribution is -2.30. The molecule has 2 heterocycles. The Bertz CT molecular complexity index is 1190. The summed E-state index contributed by atoms with van der Waals surface area (Å²) in [6.07, 6.45) is 4.08. The zero-order chi connectivity index (χ0) is 22.7. The molecule has 1 aliphatic rings. The summed E-state index contributed by atoms with van der Waals surface area (Å²) < 4.78 is 5.67. The van der Waals surface area contributed by atoms with Gasteiger partial charge in [0.2, 0.25) is 0 Å². The lowest BCUT2D eigenvalue weighted by atomic mass is 9.96.